The van der Waals surface area contributed by atoms with Crippen LogP contribution in [0.15, 0.2) is 0 Å². The van der Waals surface area contributed by atoms with Crippen molar-refractivity contribution in [2.75, 3.05) is 65.4 Å². The number of nitrogens with zero attached hydrogens (tertiary/aromatic N) is 3. The van der Waals surface area contributed by atoms with E-state index in [1.165, 1.54) is 0 Å². The van der Waals surface area contributed by atoms with Gasteiger partial charge in [-0.15, -0.1) is 6.42 Å². The number of terminal acetylenes is 1. The fourth-order valence-electron chi connectivity index (χ4n) is 2.64. The topological polar surface area (TPSA) is 38.8 Å². The van der Waals surface area contributed by atoms with Crippen molar-refractivity contribution in [2.24, 2.45) is 0 Å². The van der Waals surface area contributed by atoms with Crippen LogP contribution in [0.3, 0.4) is 0 Å². The van der Waals surface area contributed by atoms with Crippen molar-refractivity contribution < 1.29 is 4.79 Å². The summed E-state index contributed by atoms with van der Waals surface area (Å²) < 4.78 is 0. The highest BCUT2D eigenvalue weighted by Gasteiger charge is 2.22. The molecule has 0 aromatic rings. The second-order valence-electron chi connectivity index (χ2n) is 5.24. The first-order chi connectivity index (χ1) is 9.29. The second-order valence-corrected chi connectivity index (χ2v) is 5.24. The molecule has 5 heteroatoms. The quantitative estimate of drug-likeness (QED) is 0.668. The number of hydrogen-bond donors (Lipinski definition) is 1. The summed E-state index contributed by atoms with van der Waals surface area (Å²) in [7, 11) is 0. The van der Waals surface area contributed by atoms with E-state index < -0.39 is 0 Å². The molecule has 0 bridgehead atoms. The summed E-state index contributed by atoms with van der Waals surface area (Å²) in [5, 5.41) is 3.36. The molecule has 0 atom stereocenters. The van der Waals surface area contributed by atoms with Crippen molar-refractivity contribution >= 4 is 5.91 Å². The molecule has 0 radical (unpaired) electrons. The first-order valence-electron chi connectivity index (χ1n) is 7.16. The van der Waals surface area contributed by atoms with Crippen molar-refractivity contribution in [3.05, 3.63) is 0 Å². The Labute approximate surface area is 115 Å². The van der Waals surface area contributed by atoms with Gasteiger partial charge < -0.3 is 10.2 Å². The minimum Gasteiger partial charge on any atom is -0.339 e. The van der Waals surface area contributed by atoms with Gasteiger partial charge in [0.15, 0.2) is 0 Å². The number of hydrogen-bond acceptors (Lipinski definition) is 4. The van der Waals surface area contributed by atoms with Crippen molar-refractivity contribution in [1.82, 2.24) is 20.0 Å². The average molecular weight is 264 g/mol. The maximum Gasteiger partial charge on any atom is 0.236 e. The van der Waals surface area contributed by atoms with Crippen LogP contribution in [0.25, 0.3) is 0 Å². The van der Waals surface area contributed by atoms with E-state index >= 15 is 0 Å². The van der Waals surface area contributed by atoms with E-state index in [1.54, 1.807) is 0 Å². The fourth-order valence-corrected chi connectivity index (χ4v) is 2.64. The summed E-state index contributed by atoms with van der Waals surface area (Å²) in [6, 6.07) is 0. The molecule has 2 heterocycles. The van der Waals surface area contributed by atoms with Crippen molar-refractivity contribution in [2.45, 2.75) is 6.42 Å². The minimum absolute atomic E-state index is 0.266. The fraction of sp³-hybridized carbons (Fsp3) is 0.786. The largest absolute Gasteiger partial charge is 0.339 e. The van der Waals surface area contributed by atoms with Crippen molar-refractivity contribution in [3.63, 3.8) is 0 Å². The SMILES string of the molecule is C#CCN1CCN(C(=O)CN2CCCNCC2)CC1. The van der Waals surface area contributed by atoms with E-state index in [4.69, 9.17) is 6.42 Å². The highest BCUT2D eigenvalue weighted by molar-refractivity contribution is 5.78. The molecule has 0 spiro atoms. The molecule has 2 saturated heterocycles. The first-order valence-corrected chi connectivity index (χ1v) is 7.16. The molecular weight excluding hydrogens is 240 g/mol. The lowest BCUT2D eigenvalue weighted by Crippen LogP contribution is -2.51. The van der Waals surface area contributed by atoms with E-state index in [0.717, 1.165) is 58.8 Å². The van der Waals surface area contributed by atoms with Crippen LogP contribution in [0.4, 0.5) is 0 Å². The van der Waals surface area contributed by atoms with Crippen LogP contribution in [-0.2, 0) is 4.79 Å². The Hall–Kier alpha value is -1.09. The molecule has 0 aliphatic carbocycles. The van der Waals surface area contributed by atoms with Crippen LogP contribution in [-0.4, -0.2) is 86.1 Å². The molecule has 5 nitrogen and oxygen atoms in total. The number of piperazine rings is 1. The molecule has 2 fully saturated rings. The maximum atomic E-state index is 12.2. The van der Waals surface area contributed by atoms with Gasteiger partial charge in [-0.2, -0.15) is 0 Å². The van der Waals surface area contributed by atoms with Crippen molar-refractivity contribution in [1.29, 1.82) is 0 Å². The van der Waals surface area contributed by atoms with Crippen molar-refractivity contribution in [3.8, 4) is 12.3 Å². The number of amides is 1. The van der Waals surface area contributed by atoms with Crippen LogP contribution >= 0.6 is 0 Å². The third kappa shape index (κ3) is 4.50. The summed E-state index contributed by atoms with van der Waals surface area (Å²) in [4.78, 5) is 18.7. The molecule has 106 valence electrons. The van der Waals surface area contributed by atoms with Crippen LogP contribution in [0.5, 0.6) is 0 Å². The molecule has 1 N–H and O–H groups in total. The highest BCUT2D eigenvalue weighted by Crippen LogP contribution is 2.03. The Bertz CT molecular complexity index is 323. The standard InChI is InChI=1S/C14H24N4O/c1-2-6-16-9-11-18(12-10-16)14(19)13-17-7-3-4-15-5-8-17/h1,15H,3-13H2. The van der Waals surface area contributed by atoms with E-state index in [-0.39, 0.29) is 5.91 Å². The lowest BCUT2D eigenvalue weighted by Gasteiger charge is -2.34. The van der Waals surface area contributed by atoms with Gasteiger partial charge in [-0.1, -0.05) is 5.92 Å². The molecule has 1 amide bonds. The highest BCUT2D eigenvalue weighted by atomic mass is 16.2. The summed E-state index contributed by atoms with van der Waals surface area (Å²) >= 11 is 0. The molecule has 2 aliphatic rings. The predicted octanol–water partition coefficient (Wildman–Crippen LogP) is -0.941. The van der Waals surface area contributed by atoms with Gasteiger partial charge in [0.25, 0.3) is 0 Å². The molecule has 19 heavy (non-hydrogen) atoms. The monoisotopic (exact) mass is 264 g/mol. The minimum atomic E-state index is 0.266. The van der Waals surface area contributed by atoms with E-state index in [9.17, 15) is 4.79 Å². The normalized spacial score (nSPS) is 22.8. The molecule has 0 saturated carbocycles. The zero-order valence-electron chi connectivity index (χ0n) is 11.6. The van der Waals surface area contributed by atoms with Gasteiger partial charge in [0.05, 0.1) is 13.1 Å². The molecule has 0 aromatic heterocycles. The van der Waals surface area contributed by atoms with Gasteiger partial charge in [0.2, 0.25) is 5.91 Å². The van der Waals surface area contributed by atoms with E-state index in [1.807, 2.05) is 4.90 Å². The van der Waals surface area contributed by atoms with Crippen LogP contribution in [0, 0.1) is 12.3 Å². The molecule has 0 unspecified atom stereocenters. The average Bonchev–Trinajstić information content (AvgIpc) is 2.68. The third-order valence-corrected chi connectivity index (χ3v) is 3.83. The van der Waals surface area contributed by atoms with Gasteiger partial charge in [-0.05, 0) is 19.5 Å². The first kappa shape index (κ1) is 14.3. The third-order valence-electron chi connectivity index (χ3n) is 3.83. The number of rotatable bonds is 3. The zero-order valence-corrected chi connectivity index (χ0v) is 11.6. The van der Waals surface area contributed by atoms with Gasteiger partial charge in [0.1, 0.15) is 0 Å². The number of nitrogens with one attached hydrogen (secondary N) is 1. The number of carbonyl (C=O) groups excluding carboxylic acids is 1. The van der Waals surface area contributed by atoms with Crippen LogP contribution in [0.1, 0.15) is 6.42 Å². The lowest BCUT2D eigenvalue weighted by atomic mass is 10.3. The molecule has 2 rings (SSSR count). The van der Waals surface area contributed by atoms with Gasteiger partial charge in [-0.3, -0.25) is 14.6 Å². The Morgan fingerprint density at radius 1 is 1.05 bits per heavy atom. The van der Waals surface area contributed by atoms with Gasteiger partial charge in [0, 0.05) is 39.3 Å². The van der Waals surface area contributed by atoms with Gasteiger partial charge in [-0.25, -0.2) is 0 Å². The summed E-state index contributed by atoms with van der Waals surface area (Å²) in [5.41, 5.74) is 0. The lowest BCUT2D eigenvalue weighted by molar-refractivity contribution is -0.134. The Morgan fingerprint density at radius 3 is 2.58 bits per heavy atom. The van der Waals surface area contributed by atoms with E-state index in [2.05, 4.69) is 21.0 Å². The molecular formula is C14H24N4O. The molecule has 0 aromatic carbocycles. The Morgan fingerprint density at radius 2 is 1.84 bits per heavy atom. The number of carbonyl (C=O) groups is 1. The van der Waals surface area contributed by atoms with Crippen LogP contribution < -0.4 is 5.32 Å². The zero-order chi connectivity index (χ0) is 13.5. The summed E-state index contributed by atoms with van der Waals surface area (Å²) in [6.45, 7) is 8.74. The Kier molecular flexibility index (Phi) is 5.64. The summed E-state index contributed by atoms with van der Waals surface area (Å²) in [5.74, 6) is 2.93. The van der Waals surface area contributed by atoms with Gasteiger partial charge >= 0.3 is 0 Å². The predicted molar refractivity (Wildman–Crippen MR) is 75.8 cm³/mol. The maximum absolute atomic E-state index is 12.2. The Balaban J connectivity index is 1.73. The summed E-state index contributed by atoms with van der Waals surface area (Å²) in [6.07, 6.45) is 6.44. The molecule has 2 aliphatic heterocycles. The smallest absolute Gasteiger partial charge is 0.236 e. The van der Waals surface area contributed by atoms with E-state index in [0.29, 0.717) is 13.1 Å². The second kappa shape index (κ2) is 7.49. The van der Waals surface area contributed by atoms with Crippen LogP contribution in [0.2, 0.25) is 0 Å².